The first-order valence-electron chi connectivity index (χ1n) is 10.4. The van der Waals surface area contributed by atoms with E-state index in [1.54, 1.807) is 42.5 Å². The van der Waals surface area contributed by atoms with Crippen molar-refractivity contribution in [2.75, 3.05) is 13.2 Å². The maximum atomic E-state index is 12.4. The zero-order chi connectivity index (χ0) is 23.6. The van der Waals surface area contributed by atoms with Gasteiger partial charge in [-0.15, -0.1) is 0 Å². The number of carboxylic acids is 1. The van der Waals surface area contributed by atoms with E-state index in [9.17, 15) is 14.7 Å². The van der Waals surface area contributed by atoms with Crippen LogP contribution in [0, 0.1) is 3.57 Å². The van der Waals surface area contributed by atoms with Gasteiger partial charge in [-0.2, -0.15) is 0 Å². The molecule has 0 unspecified atom stereocenters. The molecule has 0 heterocycles. The number of carbonyl (C=O) groups is 2. The standard InChI is InChI=1S/C26H24INO5/c1-2-32-23-17-19(15-21(27)24(23)33-14-13-18-9-5-3-6-10-18)16-22(26(30)31)28-25(29)20-11-7-4-8-12-20/h3-12,15-17H,2,13-14H2,1H3,(H,28,29)(H,30,31)/b22-16+. The third-order valence-electron chi connectivity index (χ3n) is 4.64. The average molecular weight is 557 g/mol. The second kappa shape index (κ2) is 12.1. The molecule has 3 aromatic carbocycles. The molecule has 3 aromatic rings. The highest BCUT2D eigenvalue weighted by Crippen LogP contribution is 2.35. The van der Waals surface area contributed by atoms with Gasteiger partial charge in [-0.25, -0.2) is 4.79 Å². The van der Waals surface area contributed by atoms with Crippen LogP contribution in [0.3, 0.4) is 0 Å². The molecule has 2 N–H and O–H groups in total. The van der Waals surface area contributed by atoms with E-state index < -0.39 is 11.9 Å². The first-order valence-corrected chi connectivity index (χ1v) is 11.5. The number of amides is 1. The summed E-state index contributed by atoms with van der Waals surface area (Å²) in [7, 11) is 0. The largest absolute Gasteiger partial charge is 0.490 e. The summed E-state index contributed by atoms with van der Waals surface area (Å²) in [4.78, 5) is 24.2. The molecule has 0 bridgehead atoms. The third kappa shape index (κ3) is 7.08. The first-order chi connectivity index (χ1) is 16.0. The molecule has 0 radical (unpaired) electrons. The van der Waals surface area contributed by atoms with Gasteiger partial charge in [-0.3, -0.25) is 4.79 Å². The Labute approximate surface area is 206 Å². The fraction of sp³-hybridized carbons (Fsp3) is 0.154. The predicted molar refractivity (Wildman–Crippen MR) is 135 cm³/mol. The van der Waals surface area contributed by atoms with E-state index in [4.69, 9.17) is 9.47 Å². The Morgan fingerprint density at radius 3 is 2.30 bits per heavy atom. The van der Waals surface area contributed by atoms with Crippen LogP contribution in [0.25, 0.3) is 6.08 Å². The van der Waals surface area contributed by atoms with Crippen molar-refractivity contribution in [1.29, 1.82) is 0 Å². The van der Waals surface area contributed by atoms with Gasteiger partial charge in [0.25, 0.3) is 5.91 Å². The van der Waals surface area contributed by atoms with E-state index in [1.807, 2.05) is 37.3 Å². The van der Waals surface area contributed by atoms with Crippen molar-refractivity contribution in [3.63, 3.8) is 0 Å². The van der Waals surface area contributed by atoms with Crippen molar-refractivity contribution in [2.24, 2.45) is 0 Å². The summed E-state index contributed by atoms with van der Waals surface area (Å²) in [6, 6.07) is 22.0. The molecule has 0 saturated carbocycles. The van der Waals surface area contributed by atoms with Gasteiger partial charge in [0.05, 0.1) is 16.8 Å². The number of hydrogen-bond acceptors (Lipinski definition) is 4. The summed E-state index contributed by atoms with van der Waals surface area (Å²) in [5.41, 5.74) is 1.88. The van der Waals surface area contributed by atoms with Crippen LogP contribution in [0.4, 0.5) is 0 Å². The van der Waals surface area contributed by atoms with E-state index in [0.29, 0.717) is 35.8 Å². The number of benzene rings is 3. The van der Waals surface area contributed by atoms with Gasteiger partial charge in [-0.1, -0.05) is 48.5 Å². The zero-order valence-electron chi connectivity index (χ0n) is 18.1. The maximum absolute atomic E-state index is 12.4. The Hall–Kier alpha value is -3.33. The molecule has 7 heteroatoms. The highest BCUT2D eigenvalue weighted by molar-refractivity contribution is 14.1. The van der Waals surface area contributed by atoms with Gasteiger partial charge >= 0.3 is 5.97 Å². The number of rotatable bonds is 10. The Kier molecular flexibility index (Phi) is 8.88. The van der Waals surface area contributed by atoms with Gasteiger partial charge in [0.1, 0.15) is 5.70 Å². The summed E-state index contributed by atoms with van der Waals surface area (Å²) < 4.78 is 12.5. The molecule has 1 amide bonds. The summed E-state index contributed by atoms with van der Waals surface area (Å²) in [5.74, 6) is -0.612. The highest BCUT2D eigenvalue weighted by Gasteiger charge is 2.16. The van der Waals surface area contributed by atoms with E-state index in [0.717, 1.165) is 9.99 Å². The van der Waals surface area contributed by atoms with E-state index >= 15 is 0 Å². The molecule has 0 aliphatic carbocycles. The fourth-order valence-corrected chi connectivity index (χ4v) is 3.87. The number of ether oxygens (including phenoxy) is 2. The normalized spacial score (nSPS) is 11.0. The molecule has 0 fully saturated rings. The molecule has 6 nitrogen and oxygen atoms in total. The monoisotopic (exact) mass is 557 g/mol. The Bertz CT molecular complexity index is 1130. The molecule has 0 saturated heterocycles. The molecular formula is C26H24INO5. The highest BCUT2D eigenvalue weighted by atomic mass is 127. The van der Waals surface area contributed by atoms with Gasteiger partial charge in [0.2, 0.25) is 0 Å². The quantitative estimate of drug-likeness (QED) is 0.266. The van der Waals surface area contributed by atoms with Crippen LogP contribution in [-0.2, 0) is 11.2 Å². The number of carboxylic acid groups (broad SMARTS) is 1. The topological polar surface area (TPSA) is 84.9 Å². The van der Waals surface area contributed by atoms with E-state index in [2.05, 4.69) is 27.9 Å². The lowest BCUT2D eigenvalue weighted by Gasteiger charge is -2.15. The van der Waals surface area contributed by atoms with E-state index in [-0.39, 0.29) is 5.70 Å². The molecule has 33 heavy (non-hydrogen) atoms. The van der Waals surface area contributed by atoms with Crippen molar-refractivity contribution >= 4 is 40.5 Å². The van der Waals surface area contributed by atoms with Gasteiger partial charge < -0.3 is 19.9 Å². The number of hydrogen-bond donors (Lipinski definition) is 2. The molecule has 0 aromatic heterocycles. The van der Waals surface area contributed by atoms with Crippen molar-refractivity contribution in [2.45, 2.75) is 13.3 Å². The summed E-state index contributed by atoms with van der Waals surface area (Å²) in [5, 5.41) is 12.1. The average Bonchev–Trinajstić information content (AvgIpc) is 2.81. The Balaban J connectivity index is 1.81. The predicted octanol–water partition coefficient (Wildman–Crippen LogP) is 5.17. The summed E-state index contributed by atoms with van der Waals surface area (Å²) in [6.45, 7) is 2.77. The zero-order valence-corrected chi connectivity index (χ0v) is 20.2. The third-order valence-corrected chi connectivity index (χ3v) is 5.44. The van der Waals surface area contributed by atoms with E-state index in [1.165, 1.54) is 11.6 Å². The van der Waals surface area contributed by atoms with Crippen LogP contribution in [0.15, 0.2) is 78.5 Å². The SMILES string of the molecule is CCOc1cc(/C=C(/NC(=O)c2ccccc2)C(=O)O)cc(I)c1OCCc1ccccc1. The molecular weight excluding hydrogens is 533 g/mol. The Morgan fingerprint density at radius 2 is 1.67 bits per heavy atom. The smallest absolute Gasteiger partial charge is 0.352 e. The van der Waals surface area contributed by atoms with Crippen molar-refractivity contribution in [3.05, 3.63) is 98.8 Å². The minimum absolute atomic E-state index is 0.236. The second-order valence-electron chi connectivity index (χ2n) is 7.03. The van der Waals surface area contributed by atoms with Gasteiger partial charge in [0, 0.05) is 12.0 Å². The molecule has 0 aliphatic rings. The Morgan fingerprint density at radius 1 is 1.00 bits per heavy atom. The number of carbonyl (C=O) groups excluding carboxylic acids is 1. The van der Waals surface area contributed by atoms with Crippen molar-refractivity contribution in [1.82, 2.24) is 5.32 Å². The minimum Gasteiger partial charge on any atom is -0.490 e. The minimum atomic E-state index is -1.24. The fourth-order valence-electron chi connectivity index (χ4n) is 3.09. The first kappa shape index (κ1) is 24.3. The molecule has 0 aliphatic heterocycles. The number of halogens is 1. The molecule has 0 atom stereocenters. The molecule has 0 spiro atoms. The van der Waals surface area contributed by atoms with Crippen LogP contribution in [0.1, 0.15) is 28.4 Å². The maximum Gasteiger partial charge on any atom is 0.352 e. The van der Waals surface area contributed by atoms with Crippen LogP contribution < -0.4 is 14.8 Å². The number of nitrogens with one attached hydrogen (secondary N) is 1. The lowest BCUT2D eigenvalue weighted by Crippen LogP contribution is -2.27. The van der Waals surface area contributed by atoms with Crippen LogP contribution in [0.5, 0.6) is 11.5 Å². The lowest BCUT2D eigenvalue weighted by molar-refractivity contribution is -0.132. The van der Waals surface area contributed by atoms with Crippen LogP contribution in [-0.4, -0.2) is 30.2 Å². The summed E-state index contributed by atoms with van der Waals surface area (Å²) in [6.07, 6.45) is 2.15. The number of aliphatic carboxylic acids is 1. The molecule has 3 rings (SSSR count). The second-order valence-corrected chi connectivity index (χ2v) is 8.19. The van der Waals surface area contributed by atoms with Crippen LogP contribution in [0.2, 0.25) is 0 Å². The lowest BCUT2D eigenvalue weighted by atomic mass is 10.1. The van der Waals surface area contributed by atoms with Gasteiger partial charge in [0.15, 0.2) is 11.5 Å². The van der Waals surface area contributed by atoms with Gasteiger partial charge in [-0.05, 0) is 71.0 Å². The molecule has 170 valence electrons. The van der Waals surface area contributed by atoms with Crippen LogP contribution >= 0.6 is 22.6 Å². The van der Waals surface area contributed by atoms with Crippen molar-refractivity contribution in [3.8, 4) is 11.5 Å². The van der Waals surface area contributed by atoms with Crippen molar-refractivity contribution < 1.29 is 24.2 Å². The summed E-state index contributed by atoms with van der Waals surface area (Å²) >= 11 is 2.14.